The molecule has 0 N–H and O–H groups in total. The van der Waals surface area contributed by atoms with Crippen molar-refractivity contribution in [2.24, 2.45) is 0 Å². The highest BCUT2D eigenvalue weighted by molar-refractivity contribution is 7.80. The van der Waals surface area contributed by atoms with E-state index in [0.717, 1.165) is 4.90 Å². The molecule has 0 heterocycles. The van der Waals surface area contributed by atoms with Gasteiger partial charge in [0.15, 0.2) is 0 Å². The zero-order valence-electron chi connectivity index (χ0n) is 6.79. The number of benzene rings is 1. The van der Waals surface area contributed by atoms with Crippen molar-refractivity contribution in [2.45, 2.75) is 18.4 Å². The van der Waals surface area contributed by atoms with Gasteiger partial charge in [-0.1, -0.05) is 12.1 Å². The van der Waals surface area contributed by atoms with Crippen molar-refractivity contribution in [3.8, 4) is 0 Å². The Morgan fingerprint density at radius 3 is 2.73 bits per heavy atom. The first kappa shape index (κ1) is 8.62. The van der Waals surface area contributed by atoms with E-state index in [2.05, 4.69) is 18.7 Å². The Hall–Kier alpha value is -0.470. The van der Waals surface area contributed by atoms with Crippen LogP contribution in [0.25, 0.3) is 0 Å². The van der Waals surface area contributed by atoms with Crippen LogP contribution in [0.3, 0.4) is 0 Å². The average molecular weight is 168 g/mol. The van der Waals surface area contributed by atoms with Gasteiger partial charge in [-0.05, 0) is 24.1 Å². The molecule has 1 aromatic rings. The smallest absolute Gasteiger partial charge is 0.0713 e. The first-order valence-corrected chi connectivity index (χ1v) is 3.96. The van der Waals surface area contributed by atoms with E-state index in [4.69, 9.17) is 4.74 Å². The second kappa shape index (κ2) is 3.79. The summed E-state index contributed by atoms with van der Waals surface area (Å²) in [6.07, 6.45) is 0. The molecule has 11 heavy (non-hydrogen) atoms. The topological polar surface area (TPSA) is 9.23 Å². The molecule has 0 radical (unpaired) electrons. The fourth-order valence-electron chi connectivity index (χ4n) is 0.974. The van der Waals surface area contributed by atoms with Crippen molar-refractivity contribution in [3.05, 3.63) is 29.3 Å². The van der Waals surface area contributed by atoms with Crippen LogP contribution in [0.1, 0.15) is 11.1 Å². The highest BCUT2D eigenvalue weighted by Gasteiger charge is 1.94. The summed E-state index contributed by atoms with van der Waals surface area (Å²) in [5.74, 6) is 0. The first-order valence-electron chi connectivity index (χ1n) is 3.51. The van der Waals surface area contributed by atoms with Crippen LogP contribution in [0.2, 0.25) is 0 Å². The van der Waals surface area contributed by atoms with Gasteiger partial charge in [0.1, 0.15) is 0 Å². The van der Waals surface area contributed by atoms with E-state index in [1.54, 1.807) is 7.11 Å². The third kappa shape index (κ3) is 2.24. The standard InChI is InChI=1S/C9H12OS/c1-7-5-8(6-10-2)3-4-9(7)11/h3-5,11H,6H2,1-2H3. The van der Waals surface area contributed by atoms with Crippen LogP contribution in [-0.2, 0) is 11.3 Å². The zero-order chi connectivity index (χ0) is 8.27. The van der Waals surface area contributed by atoms with E-state index < -0.39 is 0 Å². The quantitative estimate of drug-likeness (QED) is 0.667. The van der Waals surface area contributed by atoms with Gasteiger partial charge in [0, 0.05) is 12.0 Å². The zero-order valence-corrected chi connectivity index (χ0v) is 7.69. The number of hydrogen-bond donors (Lipinski definition) is 1. The summed E-state index contributed by atoms with van der Waals surface area (Å²) in [5.41, 5.74) is 2.39. The van der Waals surface area contributed by atoms with Gasteiger partial charge in [-0.3, -0.25) is 0 Å². The molecule has 60 valence electrons. The van der Waals surface area contributed by atoms with Crippen LogP contribution in [0, 0.1) is 6.92 Å². The minimum atomic E-state index is 0.675. The molecular formula is C9H12OS. The van der Waals surface area contributed by atoms with Crippen LogP contribution in [0.4, 0.5) is 0 Å². The second-order valence-electron chi connectivity index (χ2n) is 2.55. The highest BCUT2D eigenvalue weighted by Crippen LogP contribution is 2.14. The van der Waals surface area contributed by atoms with Crippen molar-refractivity contribution in [3.63, 3.8) is 0 Å². The molecule has 1 aromatic carbocycles. The van der Waals surface area contributed by atoms with Crippen molar-refractivity contribution in [1.82, 2.24) is 0 Å². The Morgan fingerprint density at radius 1 is 1.45 bits per heavy atom. The first-order chi connectivity index (χ1) is 5.24. The molecule has 1 nitrogen and oxygen atoms in total. The fraction of sp³-hybridized carbons (Fsp3) is 0.333. The molecule has 2 heteroatoms. The number of rotatable bonds is 2. The third-order valence-electron chi connectivity index (χ3n) is 1.57. The summed E-state index contributed by atoms with van der Waals surface area (Å²) >= 11 is 4.27. The van der Waals surface area contributed by atoms with Gasteiger partial charge in [-0.2, -0.15) is 0 Å². The van der Waals surface area contributed by atoms with Crippen LogP contribution in [0.15, 0.2) is 23.1 Å². The van der Waals surface area contributed by atoms with Gasteiger partial charge >= 0.3 is 0 Å². The van der Waals surface area contributed by atoms with Gasteiger partial charge < -0.3 is 4.74 Å². The number of hydrogen-bond acceptors (Lipinski definition) is 2. The predicted octanol–water partition coefficient (Wildman–Crippen LogP) is 2.43. The summed E-state index contributed by atoms with van der Waals surface area (Å²) in [7, 11) is 1.70. The Labute approximate surface area is 72.8 Å². The molecule has 0 unspecified atom stereocenters. The monoisotopic (exact) mass is 168 g/mol. The van der Waals surface area contributed by atoms with E-state index in [1.807, 2.05) is 19.1 Å². The predicted molar refractivity (Wildman–Crippen MR) is 49.1 cm³/mol. The normalized spacial score (nSPS) is 10.1. The molecule has 1 rings (SSSR count). The summed E-state index contributed by atoms with van der Waals surface area (Å²) < 4.78 is 5.00. The van der Waals surface area contributed by atoms with Crippen molar-refractivity contribution in [2.75, 3.05) is 7.11 Å². The summed E-state index contributed by atoms with van der Waals surface area (Å²) in [5, 5.41) is 0. The van der Waals surface area contributed by atoms with E-state index in [9.17, 15) is 0 Å². The molecule has 0 aliphatic rings. The molecule has 0 fully saturated rings. The van der Waals surface area contributed by atoms with E-state index >= 15 is 0 Å². The molecule has 0 aromatic heterocycles. The largest absolute Gasteiger partial charge is 0.380 e. The highest BCUT2D eigenvalue weighted by atomic mass is 32.1. The Bertz CT molecular complexity index is 245. The van der Waals surface area contributed by atoms with Gasteiger partial charge in [0.25, 0.3) is 0 Å². The summed E-state index contributed by atoms with van der Waals surface area (Å²) in [6.45, 7) is 2.72. The Morgan fingerprint density at radius 2 is 2.18 bits per heavy atom. The molecule has 0 atom stereocenters. The summed E-state index contributed by atoms with van der Waals surface area (Å²) in [4.78, 5) is 1.03. The summed E-state index contributed by atoms with van der Waals surface area (Å²) in [6, 6.07) is 6.11. The molecule has 0 amide bonds. The minimum Gasteiger partial charge on any atom is -0.380 e. The molecular weight excluding hydrogens is 156 g/mol. The van der Waals surface area contributed by atoms with Crippen molar-refractivity contribution >= 4 is 12.6 Å². The third-order valence-corrected chi connectivity index (χ3v) is 2.07. The Kier molecular flexibility index (Phi) is 2.97. The lowest BCUT2D eigenvalue weighted by Gasteiger charge is -2.02. The molecule has 0 aliphatic carbocycles. The maximum absolute atomic E-state index is 5.00. The molecule has 0 bridgehead atoms. The molecule has 0 saturated heterocycles. The van der Waals surface area contributed by atoms with E-state index in [1.165, 1.54) is 11.1 Å². The van der Waals surface area contributed by atoms with Gasteiger partial charge in [0.2, 0.25) is 0 Å². The van der Waals surface area contributed by atoms with E-state index in [-0.39, 0.29) is 0 Å². The number of aryl methyl sites for hydroxylation is 1. The fourth-order valence-corrected chi connectivity index (χ4v) is 1.11. The van der Waals surface area contributed by atoms with Crippen LogP contribution < -0.4 is 0 Å². The second-order valence-corrected chi connectivity index (χ2v) is 3.04. The maximum atomic E-state index is 5.00. The van der Waals surface area contributed by atoms with Crippen molar-refractivity contribution < 1.29 is 4.74 Å². The minimum absolute atomic E-state index is 0.675. The molecule has 0 saturated carbocycles. The molecule has 0 aliphatic heterocycles. The van der Waals surface area contributed by atoms with Gasteiger partial charge in [-0.25, -0.2) is 0 Å². The maximum Gasteiger partial charge on any atom is 0.0713 e. The molecule has 0 spiro atoms. The van der Waals surface area contributed by atoms with E-state index in [0.29, 0.717) is 6.61 Å². The Balaban J connectivity index is 2.86. The lowest BCUT2D eigenvalue weighted by Crippen LogP contribution is -1.88. The lowest BCUT2D eigenvalue weighted by molar-refractivity contribution is 0.185. The van der Waals surface area contributed by atoms with Crippen LogP contribution in [0.5, 0.6) is 0 Å². The SMILES string of the molecule is COCc1ccc(S)c(C)c1. The number of thiol groups is 1. The number of ether oxygens (including phenoxy) is 1. The van der Waals surface area contributed by atoms with Gasteiger partial charge in [0.05, 0.1) is 6.61 Å². The van der Waals surface area contributed by atoms with Gasteiger partial charge in [-0.15, -0.1) is 12.6 Å². The lowest BCUT2D eigenvalue weighted by atomic mass is 10.1. The number of methoxy groups -OCH3 is 1. The van der Waals surface area contributed by atoms with Crippen LogP contribution >= 0.6 is 12.6 Å². The van der Waals surface area contributed by atoms with Crippen molar-refractivity contribution in [1.29, 1.82) is 0 Å². The average Bonchev–Trinajstić information content (AvgIpc) is 1.98. The van der Waals surface area contributed by atoms with Crippen LogP contribution in [-0.4, -0.2) is 7.11 Å².